The first-order chi connectivity index (χ1) is 16.4. The summed E-state index contributed by atoms with van der Waals surface area (Å²) in [7, 11) is -7.96. The largest absolute Gasteiger partial charge is 0.387 e. The van der Waals surface area contributed by atoms with Gasteiger partial charge >= 0.3 is 0 Å². The van der Waals surface area contributed by atoms with Gasteiger partial charge in [-0.05, 0) is 43.5 Å². The van der Waals surface area contributed by atoms with E-state index in [4.69, 9.17) is 0 Å². The molecule has 12 heteroatoms. The first kappa shape index (κ1) is 26.7. The molecule has 1 heterocycles. The van der Waals surface area contributed by atoms with Gasteiger partial charge in [0.05, 0.1) is 22.0 Å². The molecular weight excluding hydrogens is 494 g/mol. The number of sulfonamides is 2. The molecule has 0 spiro atoms. The van der Waals surface area contributed by atoms with Crippen molar-refractivity contribution in [3.8, 4) is 0 Å². The highest BCUT2D eigenvalue weighted by atomic mass is 32.2. The second-order valence-corrected chi connectivity index (χ2v) is 11.8. The number of para-hydroxylation sites is 1. The van der Waals surface area contributed by atoms with Gasteiger partial charge in [0.25, 0.3) is 5.69 Å². The summed E-state index contributed by atoms with van der Waals surface area (Å²) in [6.07, 6.45) is 2.42. The maximum atomic E-state index is 13.2. The molecule has 0 radical (unpaired) electrons. The standard InChI is InChI=1S/C23H27N3O7S2/c1-17-11-13-19(14-12-17)34(30,31)24-15-5-7-18(2)23(27)21-9-6-16-25(21)35(32,33)22-10-4-3-8-20(22)26(28)29/h3-5,7-8,10-14,21,23-24,27H,2,6,9,15-16H2,1H3/b7-5+/t21-,23+/m1/s1. The summed E-state index contributed by atoms with van der Waals surface area (Å²) in [5.41, 5.74) is 0.584. The number of aliphatic hydroxyl groups excluding tert-OH is 1. The van der Waals surface area contributed by atoms with Crippen LogP contribution in [0.2, 0.25) is 0 Å². The Hall–Kier alpha value is -2.90. The molecule has 188 valence electrons. The summed E-state index contributed by atoms with van der Waals surface area (Å²) in [6, 6.07) is 10.6. The molecule has 2 N–H and O–H groups in total. The molecular formula is C23H27N3O7S2. The number of nitrogens with one attached hydrogen (secondary N) is 1. The Morgan fingerprint density at radius 1 is 1.23 bits per heavy atom. The summed E-state index contributed by atoms with van der Waals surface area (Å²) < 4.78 is 54.6. The van der Waals surface area contributed by atoms with E-state index in [1.54, 1.807) is 12.1 Å². The van der Waals surface area contributed by atoms with Crippen LogP contribution in [0.25, 0.3) is 0 Å². The quantitative estimate of drug-likeness (QED) is 0.277. The van der Waals surface area contributed by atoms with Gasteiger partial charge in [0, 0.05) is 19.2 Å². The highest BCUT2D eigenvalue weighted by molar-refractivity contribution is 7.89. The van der Waals surface area contributed by atoms with Crippen molar-refractivity contribution >= 4 is 25.7 Å². The molecule has 0 unspecified atom stereocenters. The third kappa shape index (κ3) is 6.03. The zero-order chi connectivity index (χ0) is 25.8. The molecule has 0 aromatic heterocycles. The Bertz CT molecular complexity index is 1340. The highest BCUT2D eigenvalue weighted by Gasteiger charge is 2.42. The molecule has 2 atom stereocenters. The highest BCUT2D eigenvalue weighted by Crippen LogP contribution is 2.33. The van der Waals surface area contributed by atoms with E-state index in [0.717, 1.165) is 15.9 Å². The van der Waals surface area contributed by atoms with Gasteiger partial charge in [-0.1, -0.05) is 48.6 Å². The number of aryl methyl sites for hydroxylation is 1. The fraction of sp³-hybridized carbons (Fsp3) is 0.304. The van der Waals surface area contributed by atoms with Gasteiger partial charge in [0.15, 0.2) is 4.90 Å². The number of rotatable bonds is 10. The number of benzene rings is 2. The van der Waals surface area contributed by atoms with Crippen molar-refractivity contribution in [1.29, 1.82) is 0 Å². The number of hydrogen-bond acceptors (Lipinski definition) is 7. The van der Waals surface area contributed by atoms with E-state index in [9.17, 15) is 32.1 Å². The fourth-order valence-electron chi connectivity index (χ4n) is 3.85. The minimum atomic E-state index is -4.25. The Morgan fingerprint density at radius 3 is 2.54 bits per heavy atom. The molecule has 10 nitrogen and oxygen atoms in total. The van der Waals surface area contributed by atoms with Gasteiger partial charge in [-0.2, -0.15) is 4.31 Å². The monoisotopic (exact) mass is 521 g/mol. The van der Waals surface area contributed by atoms with Crippen molar-refractivity contribution in [3.05, 3.63) is 88.5 Å². The van der Waals surface area contributed by atoms with Gasteiger partial charge in [0.2, 0.25) is 20.0 Å². The van der Waals surface area contributed by atoms with Gasteiger partial charge in [-0.3, -0.25) is 10.1 Å². The third-order valence-electron chi connectivity index (χ3n) is 5.70. The maximum Gasteiger partial charge on any atom is 0.289 e. The minimum absolute atomic E-state index is 0.0646. The molecule has 35 heavy (non-hydrogen) atoms. The average Bonchev–Trinajstić information content (AvgIpc) is 3.32. The molecule has 1 saturated heterocycles. The first-order valence-electron chi connectivity index (χ1n) is 10.8. The fourth-order valence-corrected chi connectivity index (χ4v) is 6.68. The second-order valence-electron chi connectivity index (χ2n) is 8.14. The van der Waals surface area contributed by atoms with Crippen LogP contribution in [0.15, 0.2) is 82.6 Å². The lowest BCUT2D eigenvalue weighted by molar-refractivity contribution is -0.387. The van der Waals surface area contributed by atoms with E-state index in [2.05, 4.69) is 11.3 Å². The topological polar surface area (TPSA) is 147 Å². The SMILES string of the molecule is C=C(/C=C/CNS(=O)(=O)c1ccc(C)cc1)[C@H](O)[C@H]1CCCN1S(=O)(=O)c1ccccc1[N+](=O)[O-]. The molecule has 0 bridgehead atoms. The van der Waals surface area contributed by atoms with Crippen LogP contribution in [-0.2, 0) is 20.0 Å². The molecule has 2 aromatic carbocycles. The number of hydrogen-bond donors (Lipinski definition) is 2. The van der Waals surface area contributed by atoms with Crippen molar-refractivity contribution < 1.29 is 26.9 Å². The zero-order valence-corrected chi connectivity index (χ0v) is 20.7. The van der Waals surface area contributed by atoms with Crippen LogP contribution in [0.5, 0.6) is 0 Å². The molecule has 1 aliphatic heterocycles. The van der Waals surface area contributed by atoms with E-state index in [1.807, 2.05) is 6.92 Å². The van der Waals surface area contributed by atoms with Crippen molar-refractivity contribution in [2.24, 2.45) is 0 Å². The predicted octanol–water partition coefficient (Wildman–Crippen LogP) is 2.51. The van der Waals surface area contributed by atoms with E-state index in [0.29, 0.717) is 12.8 Å². The van der Waals surface area contributed by atoms with Crippen molar-refractivity contribution in [3.63, 3.8) is 0 Å². The van der Waals surface area contributed by atoms with E-state index in [1.165, 1.54) is 42.5 Å². The van der Waals surface area contributed by atoms with Gasteiger partial charge in [0.1, 0.15) is 0 Å². The smallest absolute Gasteiger partial charge is 0.289 e. The molecule has 0 amide bonds. The normalized spacial score (nSPS) is 18.1. The third-order valence-corrected chi connectivity index (χ3v) is 9.11. The molecule has 3 rings (SSSR count). The lowest BCUT2D eigenvalue weighted by Gasteiger charge is -2.28. The number of nitro benzene ring substituents is 1. The number of nitro groups is 1. The zero-order valence-electron chi connectivity index (χ0n) is 19.1. The van der Waals surface area contributed by atoms with Crippen molar-refractivity contribution in [1.82, 2.24) is 9.03 Å². The minimum Gasteiger partial charge on any atom is -0.387 e. The van der Waals surface area contributed by atoms with Crippen LogP contribution in [0.4, 0.5) is 5.69 Å². The lowest BCUT2D eigenvalue weighted by Crippen LogP contribution is -2.43. The molecule has 0 aliphatic carbocycles. The molecule has 1 fully saturated rings. The first-order valence-corrected chi connectivity index (χ1v) is 13.7. The molecule has 0 saturated carbocycles. The van der Waals surface area contributed by atoms with Crippen LogP contribution in [0.1, 0.15) is 18.4 Å². The Kier molecular flexibility index (Phi) is 8.23. The van der Waals surface area contributed by atoms with E-state index in [-0.39, 0.29) is 23.6 Å². The summed E-state index contributed by atoms with van der Waals surface area (Å²) in [5, 5.41) is 22.1. The van der Waals surface area contributed by atoms with E-state index >= 15 is 0 Å². The van der Waals surface area contributed by atoms with Crippen molar-refractivity contribution in [2.45, 2.75) is 41.7 Å². The van der Waals surface area contributed by atoms with Gasteiger partial charge in [-0.15, -0.1) is 0 Å². The molecule has 2 aromatic rings. The Balaban J connectivity index is 1.69. The second kappa shape index (κ2) is 10.8. The van der Waals surface area contributed by atoms with Crippen LogP contribution < -0.4 is 4.72 Å². The van der Waals surface area contributed by atoms with Crippen LogP contribution in [0, 0.1) is 17.0 Å². The summed E-state index contributed by atoms with van der Waals surface area (Å²) in [5.74, 6) is 0. The summed E-state index contributed by atoms with van der Waals surface area (Å²) >= 11 is 0. The number of nitrogens with zero attached hydrogens (tertiary/aromatic N) is 2. The summed E-state index contributed by atoms with van der Waals surface area (Å²) in [4.78, 5) is 10.3. The Morgan fingerprint density at radius 2 is 1.89 bits per heavy atom. The van der Waals surface area contributed by atoms with E-state index < -0.39 is 47.7 Å². The summed E-state index contributed by atoms with van der Waals surface area (Å²) in [6.45, 7) is 5.68. The predicted molar refractivity (Wildman–Crippen MR) is 131 cm³/mol. The van der Waals surface area contributed by atoms with Gasteiger partial charge < -0.3 is 5.11 Å². The Labute approximate surface area is 204 Å². The van der Waals surface area contributed by atoms with Crippen molar-refractivity contribution in [2.75, 3.05) is 13.1 Å². The van der Waals surface area contributed by atoms with Crippen LogP contribution in [-0.4, -0.2) is 56.4 Å². The number of aliphatic hydroxyl groups is 1. The maximum absolute atomic E-state index is 13.2. The van der Waals surface area contributed by atoms with Crippen LogP contribution >= 0.6 is 0 Å². The average molecular weight is 522 g/mol. The van der Waals surface area contributed by atoms with Gasteiger partial charge in [-0.25, -0.2) is 21.6 Å². The van der Waals surface area contributed by atoms with Crippen LogP contribution in [0.3, 0.4) is 0 Å². The lowest BCUT2D eigenvalue weighted by atomic mass is 10.0. The molecule has 1 aliphatic rings.